The summed E-state index contributed by atoms with van der Waals surface area (Å²) in [5.74, 6) is 5.23. The lowest BCUT2D eigenvalue weighted by atomic mass is 10.1. The Hall–Kier alpha value is -2.87. The SMILES string of the molecule is Cc1c(C#CCCNC(=O)OCc2ccccc2)ccnc1F. The Bertz CT molecular complexity index is 721. The summed E-state index contributed by atoms with van der Waals surface area (Å²) < 4.78 is 18.3. The van der Waals surface area contributed by atoms with Gasteiger partial charge in [-0.1, -0.05) is 42.2 Å². The number of aromatic nitrogens is 1. The number of ether oxygens (including phenoxy) is 1. The third-order valence-electron chi connectivity index (χ3n) is 3.10. The number of hydrogen-bond acceptors (Lipinski definition) is 3. The topological polar surface area (TPSA) is 51.2 Å². The number of hydrogen-bond donors (Lipinski definition) is 1. The largest absolute Gasteiger partial charge is 0.445 e. The number of halogens is 1. The molecule has 0 saturated heterocycles. The predicted octanol–water partition coefficient (Wildman–Crippen LogP) is 3.20. The van der Waals surface area contributed by atoms with E-state index >= 15 is 0 Å². The molecule has 1 amide bonds. The summed E-state index contributed by atoms with van der Waals surface area (Å²) in [6.45, 7) is 2.23. The van der Waals surface area contributed by atoms with E-state index in [0.717, 1.165) is 5.56 Å². The van der Waals surface area contributed by atoms with Crippen molar-refractivity contribution in [2.45, 2.75) is 20.0 Å². The standard InChI is InChI=1S/C18H17FN2O2/c1-14-16(10-12-20-17(14)19)9-5-6-11-21-18(22)23-13-15-7-3-2-4-8-15/h2-4,7-8,10,12H,6,11,13H2,1H3,(H,21,22). The Balaban J connectivity index is 1.70. The average molecular weight is 312 g/mol. The van der Waals surface area contributed by atoms with Crippen LogP contribution in [0.15, 0.2) is 42.6 Å². The summed E-state index contributed by atoms with van der Waals surface area (Å²) in [7, 11) is 0. The van der Waals surface area contributed by atoms with Crippen LogP contribution in [0.4, 0.5) is 9.18 Å². The molecule has 4 nitrogen and oxygen atoms in total. The second-order valence-electron chi connectivity index (χ2n) is 4.81. The zero-order chi connectivity index (χ0) is 16.5. The normalized spacial score (nSPS) is 9.65. The molecule has 0 bridgehead atoms. The molecule has 23 heavy (non-hydrogen) atoms. The van der Waals surface area contributed by atoms with Gasteiger partial charge in [0.1, 0.15) is 6.61 Å². The Morgan fingerprint density at radius 1 is 1.30 bits per heavy atom. The first-order valence-corrected chi connectivity index (χ1v) is 7.21. The van der Waals surface area contributed by atoms with Crippen molar-refractivity contribution >= 4 is 6.09 Å². The van der Waals surface area contributed by atoms with Gasteiger partial charge >= 0.3 is 6.09 Å². The molecular weight excluding hydrogens is 295 g/mol. The zero-order valence-corrected chi connectivity index (χ0v) is 12.8. The summed E-state index contributed by atoms with van der Waals surface area (Å²) in [4.78, 5) is 15.1. The van der Waals surface area contributed by atoms with Crippen LogP contribution in [0.25, 0.3) is 0 Å². The fourth-order valence-corrected chi connectivity index (χ4v) is 1.80. The van der Waals surface area contributed by atoms with Crippen LogP contribution < -0.4 is 5.32 Å². The van der Waals surface area contributed by atoms with Crippen LogP contribution in [0.3, 0.4) is 0 Å². The maximum absolute atomic E-state index is 13.2. The third kappa shape index (κ3) is 5.44. The van der Waals surface area contributed by atoms with E-state index in [0.29, 0.717) is 24.1 Å². The van der Waals surface area contributed by atoms with Crippen molar-refractivity contribution in [3.8, 4) is 11.8 Å². The number of amides is 1. The first-order valence-electron chi connectivity index (χ1n) is 7.21. The molecule has 5 heteroatoms. The second kappa shape index (κ2) is 8.54. The fraction of sp³-hybridized carbons (Fsp3) is 0.222. The Kier molecular flexibility index (Phi) is 6.13. The Morgan fingerprint density at radius 2 is 2.09 bits per heavy atom. The molecule has 1 aromatic carbocycles. The molecule has 0 fully saturated rings. The molecule has 1 N–H and O–H groups in total. The molecule has 2 rings (SSSR count). The summed E-state index contributed by atoms with van der Waals surface area (Å²) in [5.41, 5.74) is 1.96. The van der Waals surface area contributed by atoms with Crippen molar-refractivity contribution in [1.82, 2.24) is 10.3 Å². The van der Waals surface area contributed by atoms with Crippen molar-refractivity contribution < 1.29 is 13.9 Å². The van der Waals surface area contributed by atoms with Crippen LogP contribution in [-0.2, 0) is 11.3 Å². The molecule has 0 spiro atoms. The first-order chi connectivity index (χ1) is 11.2. The van der Waals surface area contributed by atoms with Crippen molar-refractivity contribution in [2.24, 2.45) is 0 Å². The number of nitrogens with zero attached hydrogens (tertiary/aromatic N) is 1. The summed E-state index contributed by atoms with van der Waals surface area (Å²) in [6.07, 6.45) is 1.34. The van der Waals surface area contributed by atoms with Crippen LogP contribution in [-0.4, -0.2) is 17.6 Å². The van der Waals surface area contributed by atoms with E-state index in [9.17, 15) is 9.18 Å². The highest BCUT2D eigenvalue weighted by molar-refractivity contribution is 5.67. The van der Waals surface area contributed by atoms with Gasteiger partial charge in [-0.3, -0.25) is 0 Å². The molecule has 0 atom stereocenters. The molecule has 1 heterocycles. The highest BCUT2D eigenvalue weighted by atomic mass is 19.1. The minimum Gasteiger partial charge on any atom is -0.445 e. The van der Waals surface area contributed by atoms with Gasteiger partial charge in [-0.25, -0.2) is 9.78 Å². The van der Waals surface area contributed by atoms with Gasteiger partial charge in [0.05, 0.1) is 0 Å². The number of pyridine rings is 1. The van der Waals surface area contributed by atoms with Gasteiger partial charge in [-0.15, -0.1) is 0 Å². The number of benzene rings is 1. The van der Waals surface area contributed by atoms with Crippen molar-refractivity contribution in [3.05, 3.63) is 65.2 Å². The summed E-state index contributed by atoms with van der Waals surface area (Å²) in [5, 5.41) is 2.62. The number of carbonyl (C=O) groups excluding carboxylic acids is 1. The predicted molar refractivity (Wildman–Crippen MR) is 85.1 cm³/mol. The minimum absolute atomic E-state index is 0.230. The van der Waals surface area contributed by atoms with Gasteiger partial charge in [0, 0.05) is 30.3 Å². The zero-order valence-electron chi connectivity index (χ0n) is 12.8. The van der Waals surface area contributed by atoms with Crippen molar-refractivity contribution in [1.29, 1.82) is 0 Å². The Labute approximate surface area is 134 Å². The van der Waals surface area contributed by atoms with Gasteiger partial charge in [-0.2, -0.15) is 4.39 Å². The smallest absolute Gasteiger partial charge is 0.407 e. The van der Waals surface area contributed by atoms with Gasteiger partial charge in [0.2, 0.25) is 5.95 Å². The highest BCUT2D eigenvalue weighted by Crippen LogP contribution is 2.07. The molecule has 0 saturated carbocycles. The monoisotopic (exact) mass is 312 g/mol. The molecule has 2 aromatic rings. The molecule has 0 radical (unpaired) electrons. The minimum atomic E-state index is -0.514. The highest BCUT2D eigenvalue weighted by Gasteiger charge is 2.02. The van der Waals surface area contributed by atoms with E-state index in [1.54, 1.807) is 13.0 Å². The van der Waals surface area contributed by atoms with Crippen LogP contribution >= 0.6 is 0 Å². The lowest BCUT2D eigenvalue weighted by Gasteiger charge is -2.05. The van der Waals surface area contributed by atoms with Crippen LogP contribution in [0.5, 0.6) is 0 Å². The third-order valence-corrected chi connectivity index (χ3v) is 3.10. The molecule has 0 unspecified atom stereocenters. The van der Waals surface area contributed by atoms with E-state index in [-0.39, 0.29) is 6.61 Å². The van der Waals surface area contributed by atoms with Crippen molar-refractivity contribution in [3.63, 3.8) is 0 Å². The summed E-state index contributed by atoms with van der Waals surface area (Å²) in [6, 6.07) is 11.1. The van der Waals surface area contributed by atoms with E-state index in [1.165, 1.54) is 6.20 Å². The molecule has 0 aliphatic rings. The van der Waals surface area contributed by atoms with Crippen LogP contribution in [0.1, 0.15) is 23.1 Å². The number of nitrogens with one attached hydrogen (secondary N) is 1. The number of rotatable bonds is 4. The van der Waals surface area contributed by atoms with Crippen molar-refractivity contribution in [2.75, 3.05) is 6.54 Å². The van der Waals surface area contributed by atoms with E-state index in [2.05, 4.69) is 22.1 Å². The lowest BCUT2D eigenvalue weighted by Crippen LogP contribution is -2.24. The summed E-state index contributed by atoms with van der Waals surface area (Å²) >= 11 is 0. The van der Waals surface area contributed by atoms with E-state index < -0.39 is 12.0 Å². The maximum atomic E-state index is 13.2. The molecule has 1 aromatic heterocycles. The van der Waals surface area contributed by atoms with E-state index in [1.807, 2.05) is 30.3 Å². The van der Waals surface area contributed by atoms with Gasteiger partial charge in [0.15, 0.2) is 0 Å². The lowest BCUT2D eigenvalue weighted by molar-refractivity contribution is 0.140. The average Bonchev–Trinajstić information content (AvgIpc) is 2.57. The molecule has 0 aliphatic heterocycles. The molecule has 0 aliphatic carbocycles. The Morgan fingerprint density at radius 3 is 2.87 bits per heavy atom. The van der Waals surface area contributed by atoms with Gasteiger partial charge in [-0.05, 0) is 18.6 Å². The van der Waals surface area contributed by atoms with Crippen LogP contribution in [0.2, 0.25) is 0 Å². The van der Waals surface area contributed by atoms with Crippen LogP contribution in [0, 0.1) is 24.7 Å². The number of carbonyl (C=O) groups is 1. The first kappa shape index (κ1) is 16.5. The van der Waals surface area contributed by atoms with Gasteiger partial charge < -0.3 is 10.1 Å². The second-order valence-corrected chi connectivity index (χ2v) is 4.81. The maximum Gasteiger partial charge on any atom is 0.407 e. The fourth-order valence-electron chi connectivity index (χ4n) is 1.80. The van der Waals surface area contributed by atoms with Gasteiger partial charge in [0.25, 0.3) is 0 Å². The molecule has 118 valence electrons. The molecular formula is C18H17FN2O2. The quantitative estimate of drug-likeness (QED) is 0.536. The van der Waals surface area contributed by atoms with E-state index in [4.69, 9.17) is 4.74 Å². The number of alkyl carbamates (subject to hydrolysis) is 1.